The van der Waals surface area contributed by atoms with Gasteiger partial charge in [0.1, 0.15) is 5.82 Å². The molecule has 0 spiro atoms. The number of rotatable bonds is 5. The van der Waals surface area contributed by atoms with Crippen LogP contribution in [0.25, 0.3) is 0 Å². The highest BCUT2D eigenvalue weighted by atomic mass is 16.2. The fourth-order valence-electron chi connectivity index (χ4n) is 2.22. The number of nitrogens with one attached hydrogen (secondary N) is 1. The molecule has 5 nitrogen and oxygen atoms in total. The first-order valence-electron chi connectivity index (χ1n) is 7.33. The molecule has 0 bridgehead atoms. The molecular formula is C15H24N4O. The summed E-state index contributed by atoms with van der Waals surface area (Å²) in [7, 11) is 0. The molecule has 1 aromatic rings. The van der Waals surface area contributed by atoms with Gasteiger partial charge in [0.2, 0.25) is 0 Å². The number of carbonyl (C=O) groups excluding carboxylic acids is 1. The zero-order valence-electron chi connectivity index (χ0n) is 12.8. The van der Waals surface area contributed by atoms with Gasteiger partial charge in [0.05, 0.1) is 12.2 Å². The molecule has 1 atom stereocenters. The maximum Gasteiger partial charge on any atom is 0.318 e. The lowest BCUT2D eigenvalue weighted by Gasteiger charge is -2.32. The minimum Gasteiger partial charge on any atom is -0.332 e. The first-order valence-corrected chi connectivity index (χ1v) is 7.33. The first kappa shape index (κ1) is 14.8. The van der Waals surface area contributed by atoms with E-state index >= 15 is 0 Å². The van der Waals surface area contributed by atoms with Gasteiger partial charge in [-0.05, 0) is 38.7 Å². The number of nitrogens with zero attached hydrogens (tertiary/aromatic N) is 3. The van der Waals surface area contributed by atoms with Crippen molar-refractivity contribution in [3.63, 3.8) is 0 Å². The van der Waals surface area contributed by atoms with Crippen molar-refractivity contribution in [2.45, 2.75) is 59.2 Å². The largest absolute Gasteiger partial charge is 0.332 e. The topological polar surface area (TPSA) is 58.1 Å². The zero-order chi connectivity index (χ0) is 14.7. The van der Waals surface area contributed by atoms with Gasteiger partial charge in [-0.3, -0.25) is 0 Å². The SMILES string of the molecule is Cc1nccc(CNC(=O)N(C2CC2)[C@@H](C)C(C)C)n1. The Morgan fingerprint density at radius 2 is 2.15 bits per heavy atom. The van der Waals surface area contributed by atoms with E-state index in [0.717, 1.165) is 24.4 Å². The number of aromatic nitrogens is 2. The Bertz CT molecular complexity index is 471. The van der Waals surface area contributed by atoms with Crippen LogP contribution in [-0.2, 0) is 6.54 Å². The average Bonchev–Trinajstić information content (AvgIpc) is 3.21. The molecule has 1 aliphatic carbocycles. The van der Waals surface area contributed by atoms with Crippen LogP contribution in [0.4, 0.5) is 4.79 Å². The number of hydrogen-bond donors (Lipinski definition) is 1. The second kappa shape index (κ2) is 6.20. The van der Waals surface area contributed by atoms with Gasteiger partial charge < -0.3 is 10.2 Å². The summed E-state index contributed by atoms with van der Waals surface area (Å²) in [6.45, 7) is 8.73. The summed E-state index contributed by atoms with van der Waals surface area (Å²) < 4.78 is 0. The molecule has 0 saturated heterocycles. The molecule has 1 aliphatic rings. The molecule has 20 heavy (non-hydrogen) atoms. The van der Waals surface area contributed by atoms with Gasteiger partial charge in [0.25, 0.3) is 0 Å². The van der Waals surface area contributed by atoms with Gasteiger partial charge in [-0.1, -0.05) is 13.8 Å². The third-order valence-corrected chi connectivity index (χ3v) is 3.83. The molecule has 1 fully saturated rings. The van der Waals surface area contributed by atoms with Crippen molar-refractivity contribution in [3.05, 3.63) is 23.8 Å². The van der Waals surface area contributed by atoms with Crippen LogP contribution in [-0.4, -0.2) is 33.0 Å². The molecule has 0 unspecified atom stereocenters. The van der Waals surface area contributed by atoms with E-state index in [0.29, 0.717) is 18.5 Å². The third-order valence-electron chi connectivity index (χ3n) is 3.83. The van der Waals surface area contributed by atoms with E-state index in [1.54, 1.807) is 6.20 Å². The summed E-state index contributed by atoms with van der Waals surface area (Å²) in [5, 5.41) is 2.98. The maximum absolute atomic E-state index is 12.4. The monoisotopic (exact) mass is 276 g/mol. The number of amides is 2. The fraction of sp³-hybridized carbons (Fsp3) is 0.667. The Kier molecular flexibility index (Phi) is 4.57. The molecule has 1 saturated carbocycles. The number of carbonyl (C=O) groups is 1. The standard InChI is InChI=1S/C15H24N4O/c1-10(2)11(3)19(14-5-6-14)15(20)17-9-13-7-8-16-12(4)18-13/h7-8,10-11,14H,5-6,9H2,1-4H3,(H,17,20)/t11-/m0/s1. The summed E-state index contributed by atoms with van der Waals surface area (Å²) in [5.41, 5.74) is 0.846. The van der Waals surface area contributed by atoms with E-state index in [9.17, 15) is 4.79 Å². The normalized spacial score (nSPS) is 16.1. The lowest BCUT2D eigenvalue weighted by atomic mass is 10.0. The van der Waals surface area contributed by atoms with Crippen LogP contribution in [0.3, 0.4) is 0 Å². The van der Waals surface area contributed by atoms with Crippen molar-refractivity contribution in [3.8, 4) is 0 Å². The highest BCUT2D eigenvalue weighted by molar-refractivity contribution is 5.75. The summed E-state index contributed by atoms with van der Waals surface area (Å²) in [6.07, 6.45) is 3.97. The van der Waals surface area contributed by atoms with Crippen molar-refractivity contribution < 1.29 is 4.79 Å². The molecule has 1 heterocycles. The van der Waals surface area contributed by atoms with E-state index in [2.05, 4.69) is 36.1 Å². The predicted octanol–water partition coefficient (Wildman–Crippen LogP) is 2.50. The third kappa shape index (κ3) is 3.68. The summed E-state index contributed by atoms with van der Waals surface area (Å²) in [5.74, 6) is 1.19. The lowest BCUT2D eigenvalue weighted by molar-refractivity contribution is 0.156. The highest BCUT2D eigenvalue weighted by Gasteiger charge is 2.36. The molecule has 1 aromatic heterocycles. The molecule has 5 heteroatoms. The summed E-state index contributed by atoms with van der Waals surface area (Å²) in [4.78, 5) is 22.8. The Morgan fingerprint density at radius 1 is 1.45 bits per heavy atom. The van der Waals surface area contributed by atoms with Gasteiger partial charge in [-0.25, -0.2) is 14.8 Å². The molecule has 0 aliphatic heterocycles. The summed E-state index contributed by atoms with van der Waals surface area (Å²) in [6, 6.07) is 2.53. The maximum atomic E-state index is 12.4. The van der Waals surface area contributed by atoms with Gasteiger partial charge in [-0.15, -0.1) is 0 Å². The van der Waals surface area contributed by atoms with Crippen LogP contribution in [0.15, 0.2) is 12.3 Å². The Hall–Kier alpha value is -1.65. The smallest absolute Gasteiger partial charge is 0.318 e. The molecule has 0 radical (unpaired) electrons. The van der Waals surface area contributed by atoms with Crippen LogP contribution in [0, 0.1) is 12.8 Å². The highest BCUT2D eigenvalue weighted by Crippen LogP contribution is 2.30. The minimum absolute atomic E-state index is 0.0185. The van der Waals surface area contributed by atoms with E-state index in [1.807, 2.05) is 17.9 Å². The first-order chi connectivity index (χ1) is 9.49. The Labute approximate surface area is 120 Å². The second-order valence-corrected chi connectivity index (χ2v) is 5.88. The van der Waals surface area contributed by atoms with Crippen LogP contribution in [0.5, 0.6) is 0 Å². The van der Waals surface area contributed by atoms with E-state index in [4.69, 9.17) is 0 Å². The molecule has 1 N–H and O–H groups in total. The van der Waals surface area contributed by atoms with E-state index in [1.165, 1.54) is 0 Å². The van der Waals surface area contributed by atoms with Gasteiger partial charge in [0.15, 0.2) is 0 Å². The Balaban J connectivity index is 1.95. The van der Waals surface area contributed by atoms with E-state index < -0.39 is 0 Å². The van der Waals surface area contributed by atoms with Crippen LogP contribution < -0.4 is 5.32 Å². The van der Waals surface area contributed by atoms with Gasteiger partial charge in [0, 0.05) is 18.3 Å². The zero-order valence-corrected chi connectivity index (χ0v) is 12.8. The van der Waals surface area contributed by atoms with Crippen molar-refractivity contribution in [2.24, 2.45) is 5.92 Å². The van der Waals surface area contributed by atoms with Gasteiger partial charge >= 0.3 is 6.03 Å². The van der Waals surface area contributed by atoms with Crippen molar-refractivity contribution in [1.82, 2.24) is 20.2 Å². The fourth-order valence-corrected chi connectivity index (χ4v) is 2.22. The molecule has 2 amide bonds. The predicted molar refractivity (Wildman–Crippen MR) is 78.2 cm³/mol. The summed E-state index contributed by atoms with van der Waals surface area (Å²) >= 11 is 0. The van der Waals surface area contributed by atoms with Crippen molar-refractivity contribution >= 4 is 6.03 Å². The molecule has 110 valence electrons. The lowest BCUT2D eigenvalue weighted by Crippen LogP contribution is -2.48. The van der Waals surface area contributed by atoms with Crippen LogP contribution >= 0.6 is 0 Å². The van der Waals surface area contributed by atoms with E-state index in [-0.39, 0.29) is 12.1 Å². The number of urea groups is 1. The van der Waals surface area contributed by atoms with Crippen LogP contribution in [0.1, 0.15) is 45.1 Å². The quantitative estimate of drug-likeness (QED) is 0.899. The average molecular weight is 276 g/mol. The molecule has 2 rings (SSSR count). The molecular weight excluding hydrogens is 252 g/mol. The van der Waals surface area contributed by atoms with Crippen molar-refractivity contribution in [2.75, 3.05) is 0 Å². The number of hydrogen-bond acceptors (Lipinski definition) is 3. The number of aryl methyl sites for hydroxylation is 1. The second-order valence-electron chi connectivity index (χ2n) is 5.88. The van der Waals surface area contributed by atoms with Crippen molar-refractivity contribution in [1.29, 1.82) is 0 Å². The molecule has 0 aromatic carbocycles. The Morgan fingerprint density at radius 3 is 2.70 bits per heavy atom. The van der Waals surface area contributed by atoms with Gasteiger partial charge in [-0.2, -0.15) is 0 Å². The minimum atomic E-state index is 0.0185. The van der Waals surface area contributed by atoms with Crippen LogP contribution in [0.2, 0.25) is 0 Å².